The van der Waals surface area contributed by atoms with Gasteiger partial charge in [0.25, 0.3) is 5.91 Å². The number of aliphatic hydroxyl groups excluding tert-OH is 1. The summed E-state index contributed by atoms with van der Waals surface area (Å²) in [6.45, 7) is 4.35. The maximum atomic E-state index is 12.9. The normalized spacial score (nSPS) is 16.3. The minimum absolute atomic E-state index is 0.121. The van der Waals surface area contributed by atoms with Crippen LogP contribution in [0.1, 0.15) is 38.3 Å². The number of hydrogen-bond donors (Lipinski definition) is 1. The van der Waals surface area contributed by atoms with Crippen LogP contribution in [0.2, 0.25) is 0 Å². The fraction of sp³-hybridized carbons (Fsp3) is 0.304. The molecule has 3 rings (SSSR count). The molecule has 0 radical (unpaired) electrons. The highest BCUT2D eigenvalue weighted by molar-refractivity contribution is 6.16. The summed E-state index contributed by atoms with van der Waals surface area (Å²) in [4.78, 5) is 26.9. The number of methoxy groups -OCH3 is 1. The van der Waals surface area contributed by atoms with E-state index in [0.717, 1.165) is 12.0 Å². The molecule has 0 fully saturated rings. The van der Waals surface area contributed by atoms with Crippen LogP contribution in [0.5, 0.6) is 11.5 Å². The van der Waals surface area contributed by atoms with Gasteiger partial charge in [-0.25, -0.2) is 0 Å². The molecule has 1 aliphatic rings. The lowest BCUT2D eigenvalue weighted by Gasteiger charge is -2.27. The quantitative estimate of drug-likeness (QED) is 0.719. The average molecular weight is 395 g/mol. The van der Waals surface area contributed by atoms with Gasteiger partial charge >= 0.3 is 0 Å². The number of rotatable bonds is 8. The minimum Gasteiger partial charge on any atom is -0.503 e. The molecule has 6 heteroatoms. The van der Waals surface area contributed by atoms with E-state index in [4.69, 9.17) is 9.47 Å². The Morgan fingerprint density at radius 3 is 2.21 bits per heavy atom. The summed E-state index contributed by atoms with van der Waals surface area (Å²) in [5, 5.41) is 10.5. The molecule has 1 unspecified atom stereocenters. The van der Waals surface area contributed by atoms with Crippen molar-refractivity contribution in [1.82, 2.24) is 0 Å². The Hall–Kier alpha value is -3.28. The third-order valence-electron chi connectivity index (χ3n) is 4.85. The number of carbonyl (C=O) groups is 2. The van der Waals surface area contributed by atoms with Crippen LogP contribution in [0.4, 0.5) is 5.69 Å². The predicted molar refractivity (Wildman–Crippen MR) is 110 cm³/mol. The molecule has 0 bridgehead atoms. The van der Waals surface area contributed by atoms with Crippen molar-refractivity contribution >= 4 is 17.4 Å². The molecule has 1 heterocycles. The molecular formula is C23H25NO5. The molecule has 1 atom stereocenters. The van der Waals surface area contributed by atoms with Gasteiger partial charge in [-0.05, 0) is 48.4 Å². The first kappa shape index (κ1) is 20.5. The summed E-state index contributed by atoms with van der Waals surface area (Å²) in [5.74, 6) is 0.0133. The SMILES string of the molecule is CCCOc1ccc(C2C(C(=O)CC)=C(O)C(=O)N2c2ccc(OC)cc2)cc1. The summed E-state index contributed by atoms with van der Waals surface area (Å²) in [5.41, 5.74) is 1.41. The number of ketones is 1. The molecule has 1 aliphatic heterocycles. The molecule has 0 aromatic heterocycles. The Labute approximate surface area is 170 Å². The third-order valence-corrected chi connectivity index (χ3v) is 4.85. The Balaban J connectivity index is 2.04. The second-order valence-electron chi connectivity index (χ2n) is 6.73. The van der Waals surface area contributed by atoms with Crippen molar-refractivity contribution < 1.29 is 24.2 Å². The zero-order valence-electron chi connectivity index (χ0n) is 16.8. The fourth-order valence-electron chi connectivity index (χ4n) is 3.37. The first-order valence-corrected chi connectivity index (χ1v) is 9.68. The zero-order chi connectivity index (χ0) is 21.0. The molecule has 0 saturated heterocycles. The Morgan fingerprint density at radius 1 is 1.03 bits per heavy atom. The summed E-state index contributed by atoms with van der Waals surface area (Å²) < 4.78 is 10.8. The molecule has 0 spiro atoms. The van der Waals surface area contributed by atoms with E-state index in [1.54, 1.807) is 38.3 Å². The molecule has 6 nitrogen and oxygen atoms in total. The summed E-state index contributed by atoms with van der Waals surface area (Å²) in [6, 6.07) is 13.5. The summed E-state index contributed by atoms with van der Waals surface area (Å²) >= 11 is 0. The largest absolute Gasteiger partial charge is 0.503 e. The molecule has 152 valence electrons. The summed E-state index contributed by atoms with van der Waals surface area (Å²) in [6.07, 6.45) is 1.09. The average Bonchev–Trinajstić information content (AvgIpc) is 3.03. The van der Waals surface area contributed by atoms with Gasteiger partial charge in [-0.3, -0.25) is 14.5 Å². The predicted octanol–water partition coefficient (Wildman–Crippen LogP) is 4.36. The van der Waals surface area contributed by atoms with Crippen LogP contribution in [-0.2, 0) is 9.59 Å². The molecule has 2 aromatic carbocycles. The maximum absolute atomic E-state index is 12.9. The molecule has 1 N–H and O–H groups in total. The van der Waals surface area contributed by atoms with E-state index in [9.17, 15) is 14.7 Å². The van der Waals surface area contributed by atoms with Crippen molar-refractivity contribution in [3.05, 3.63) is 65.4 Å². The van der Waals surface area contributed by atoms with Crippen molar-refractivity contribution in [3.8, 4) is 11.5 Å². The van der Waals surface area contributed by atoms with Gasteiger partial charge in [-0.2, -0.15) is 0 Å². The lowest BCUT2D eigenvalue weighted by Crippen LogP contribution is -2.30. The van der Waals surface area contributed by atoms with E-state index in [0.29, 0.717) is 23.8 Å². The lowest BCUT2D eigenvalue weighted by atomic mass is 9.95. The molecular weight excluding hydrogens is 370 g/mol. The van der Waals surface area contributed by atoms with E-state index in [1.165, 1.54) is 4.90 Å². The molecule has 29 heavy (non-hydrogen) atoms. The van der Waals surface area contributed by atoms with Crippen LogP contribution in [-0.4, -0.2) is 30.5 Å². The fourth-order valence-corrected chi connectivity index (χ4v) is 3.37. The van der Waals surface area contributed by atoms with Crippen molar-refractivity contribution in [2.45, 2.75) is 32.7 Å². The molecule has 1 amide bonds. The smallest absolute Gasteiger partial charge is 0.294 e. The number of anilines is 1. The van der Waals surface area contributed by atoms with Gasteiger partial charge in [0.2, 0.25) is 0 Å². The van der Waals surface area contributed by atoms with Crippen LogP contribution in [0.25, 0.3) is 0 Å². The Kier molecular flexibility index (Phi) is 6.22. The van der Waals surface area contributed by atoms with Gasteiger partial charge in [-0.1, -0.05) is 26.0 Å². The van der Waals surface area contributed by atoms with E-state index in [1.807, 2.05) is 31.2 Å². The van der Waals surface area contributed by atoms with Crippen LogP contribution in [0.3, 0.4) is 0 Å². The second-order valence-corrected chi connectivity index (χ2v) is 6.73. The second kappa shape index (κ2) is 8.82. The minimum atomic E-state index is -0.705. The topological polar surface area (TPSA) is 76.1 Å². The number of carbonyl (C=O) groups excluding carboxylic acids is 2. The van der Waals surface area contributed by atoms with Gasteiger partial charge in [0.05, 0.1) is 25.3 Å². The molecule has 2 aromatic rings. The number of Topliss-reactive ketones (excluding diaryl/α,β-unsaturated/α-hetero) is 1. The van der Waals surface area contributed by atoms with Crippen molar-refractivity contribution in [1.29, 1.82) is 0 Å². The monoisotopic (exact) mass is 395 g/mol. The number of benzene rings is 2. The van der Waals surface area contributed by atoms with Gasteiger partial charge in [-0.15, -0.1) is 0 Å². The third kappa shape index (κ3) is 3.97. The van der Waals surface area contributed by atoms with E-state index < -0.39 is 17.7 Å². The van der Waals surface area contributed by atoms with Gasteiger partial charge in [0.15, 0.2) is 11.5 Å². The Morgan fingerprint density at radius 2 is 1.66 bits per heavy atom. The highest BCUT2D eigenvalue weighted by Gasteiger charge is 2.43. The molecule has 0 saturated carbocycles. The van der Waals surface area contributed by atoms with Gasteiger partial charge in [0.1, 0.15) is 11.5 Å². The highest BCUT2D eigenvalue weighted by Crippen LogP contribution is 2.41. The standard InChI is InChI=1S/C23H25NO5/c1-4-14-29-18-10-6-15(7-11-18)21-20(19(25)5-2)22(26)23(27)24(21)16-8-12-17(28-3)13-9-16/h6-13,21,26H,4-5,14H2,1-3H3. The van der Waals surface area contributed by atoms with E-state index in [2.05, 4.69) is 0 Å². The highest BCUT2D eigenvalue weighted by atomic mass is 16.5. The van der Waals surface area contributed by atoms with Crippen molar-refractivity contribution in [2.24, 2.45) is 0 Å². The molecule has 0 aliphatic carbocycles. The number of ether oxygens (including phenoxy) is 2. The van der Waals surface area contributed by atoms with E-state index in [-0.39, 0.29) is 17.8 Å². The van der Waals surface area contributed by atoms with Gasteiger partial charge in [0, 0.05) is 12.1 Å². The van der Waals surface area contributed by atoms with Crippen molar-refractivity contribution in [3.63, 3.8) is 0 Å². The van der Waals surface area contributed by atoms with Gasteiger partial charge < -0.3 is 14.6 Å². The van der Waals surface area contributed by atoms with Crippen LogP contribution in [0, 0.1) is 0 Å². The van der Waals surface area contributed by atoms with E-state index >= 15 is 0 Å². The van der Waals surface area contributed by atoms with Crippen LogP contribution < -0.4 is 14.4 Å². The zero-order valence-corrected chi connectivity index (χ0v) is 16.8. The van der Waals surface area contributed by atoms with Crippen LogP contribution >= 0.6 is 0 Å². The lowest BCUT2D eigenvalue weighted by molar-refractivity contribution is -0.118. The summed E-state index contributed by atoms with van der Waals surface area (Å²) in [7, 11) is 1.56. The first-order valence-electron chi connectivity index (χ1n) is 9.68. The van der Waals surface area contributed by atoms with Crippen molar-refractivity contribution in [2.75, 3.05) is 18.6 Å². The maximum Gasteiger partial charge on any atom is 0.294 e. The number of aliphatic hydroxyl groups is 1. The number of amides is 1. The Bertz CT molecular complexity index is 915. The first-order chi connectivity index (χ1) is 14.0. The number of hydrogen-bond acceptors (Lipinski definition) is 5. The number of nitrogens with zero attached hydrogens (tertiary/aromatic N) is 1. The van der Waals surface area contributed by atoms with Crippen LogP contribution in [0.15, 0.2) is 59.9 Å².